The van der Waals surface area contributed by atoms with Crippen LogP contribution in [0.2, 0.25) is 0 Å². The van der Waals surface area contributed by atoms with Gasteiger partial charge in [0, 0.05) is 35.6 Å². The van der Waals surface area contributed by atoms with E-state index in [0.29, 0.717) is 24.9 Å². The quantitative estimate of drug-likeness (QED) is 0.344. The molecule has 1 aliphatic heterocycles. The van der Waals surface area contributed by atoms with Crippen molar-refractivity contribution < 1.29 is 9.53 Å². The summed E-state index contributed by atoms with van der Waals surface area (Å²) in [5.74, 6) is 2.21. The monoisotopic (exact) mass is 511 g/mol. The van der Waals surface area contributed by atoms with Gasteiger partial charge in [-0.2, -0.15) is 0 Å². The number of carbonyl (C=O) groups is 1. The van der Waals surface area contributed by atoms with Crippen molar-refractivity contribution in [2.45, 2.75) is 92.9 Å². The number of hydrogen-bond donors (Lipinski definition) is 1. The number of anilines is 1. The van der Waals surface area contributed by atoms with Gasteiger partial charge in [-0.3, -0.25) is 4.79 Å². The zero-order chi connectivity index (χ0) is 27.8. The maximum Gasteiger partial charge on any atom is 0.224 e. The van der Waals surface area contributed by atoms with Gasteiger partial charge in [-0.1, -0.05) is 97.0 Å². The molecule has 1 amide bonds. The molecule has 1 N–H and O–H groups in total. The van der Waals surface area contributed by atoms with E-state index in [4.69, 9.17) is 4.74 Å². The van der Waals surface area contributed by atoms with Crippen LogP contribution in [0.3, 0.4) is 0 Å². The zero-order valence-corrected chi connectivity index (χ0v) is 24.8. The Morgan fingerprint density at radius 3 is 1.97 bits per heavy atom. The zero-order valence-electron chi connectivity index (χ0n) is 24.8. The predicted octanol–water partition coefficient (Wildman–Crippen LogP) is 9.04. The van der Waals surface area contributed by atoms with E-state index in [-0.39, 0.29) is 17.2 Å². The SMILES string of the molecule is Cc1c(Cc2ccc(C(C)C)cc2)c2c(c(C)c1NC(=O)CC(C)(C)C)C(c1ccc(C(C)C)cc1)CO2. The van der Waals surface area contributed by atoms with Crippen LogP contribution in [-0.4, -0.2) is 12.5 Å². The van der Waals surface area contributed by atoms with Gasteiger partial charge in [0.2, 0.25) is 5.91 Å². The molecule has 0 aromatic heterocycles. The Labute approximate surface area is 230 Å². The average Bonchev–Trinajstić information content (AvgIpc) is 3.29. The van der Waals surface area contributed by atoms with E-state index in [2.05, 4.69) is 116 Å². The van der Waals surface area contributed by atoms with Crippen LogP contribution in [0.5, 0.6) is 5.75 Å². The molecule has 0 bridgehead atoms. The molecule has 3 nitrogen and oxygen atoms in total. The summed E-state index contributed by atoms with van der Waals surface area (Å²) in [6.07, 6.45) is 1.25. The fraction of sp³-hybridized carbons (Fsp3) is 0.457. The first-order valence-corrected chi connectivity index (χ1v) is 14.1. The molecule has 0 radical (unpaired) electrons. The van der Waals surface area contributed by atoms with Crippen molar-refractivity contribution in [3.8, 4) is 5.75 Å². The highest BCUT2D eigenvalue weighted by atomic mass is 16.5. The Morgan fingerprint density at radius 2 is 1.45 bits per heavy atom. The van der Waals surface area contributed by atoms with Gasteiger partial charge < -0.3 is 10.1 Å². The molecule has 202 valence electrons. The molecule has 1 unspecified atom stereocenters. The molecule has 0 fully saturated rings. The van der Waals surface area contributed by atoms with E-state index in [0.717, 1.165) is 29.0 Å². The van der Waals surface area contributed by atoms with Crippen LogP contribution >= 0.6 is 0 Å². The van der Waals surface area contributed by atoms with Crippen molar-refractivity contribution in [3.63, 3.8) is 0 Å². The van der Waals surface area contributed by atoms with Gasteiger partial charge in [-0.15, -0.1) is 0 Å². The molecular formula is C35H45NO2. The third kappa shape index (κ3) is 5.98. The van der Waals surface area contributed by atoms with Gasteiger partial charge in [-0.25, -0.2) is 0 Å². The number of amides is 1. The Bertz CT molecular complexity index is 1290. The van der Waals surface area contributed by atoms with E-state index >= 15 is 0 Å². The first-order chi connectivity index (χ1) is 17.9. The molecule has 0 saturated heterocycles. The Balaban J connectivity index is 1.80. The standard InChI is InChI=1S/C35H45NO2/c1-21(2)26-12-10-25(11-13-26)18-29-23(5)33(36-31(37)19-35(7,8)9)24(6)32-30(20-38-34(29)32)28-16-14-27(15-17-28)22(3)4/h10-17,21-22,30H,18-20H2,1-9H3,(H,36,37). The van der Waals surface area contributed by atoms with E-state index < -0.39 is 0 Å². The lowest BCUT2D eigenvalue weighted by Gasteiger charge is -2.23. The van der Waals surface area contributed by atoms with Crippen LogP contribution in [0.4, 0.5) is 5.69 Å². The number of hydrogen-bond acceptors (Lipinski definition) is 2. The molecular weight excluding hydrogens is 466 g/mol. The predicted molar refractivity (Wildman–Crippen MR) is 160 cm³/mol. The highest BCUT2D eigenvalue weighted by Gasteiger charge is 2.33. The Morgan fingerprint density at radius 1 is 0.895 bits per heavy atom. The maximum atomic E-state index is 13.1. The summed E-state index contributed by atoms with van der Waals surface area (Å²) in [5, 5.41) is 3.32. The van der Waals surface area contributed by atoms with Gasteiger partial charge in [0.05, 0.1) is 6.61 Å². The van der Waals surface area contributed by atoms with E-state index in [1.165, 1.54) is 33.4 Å². The topological polar surface area (TPSA) is 38.3 Å². The van der Waals surface area contributed by atoms with Crippen LogP contribution in [0.15, 0.2) is 48.5 Å². The van der Waals surface area contributed by atoms with E-state index in [9.17, 15) is 4.79 Å². The largest absolute Gasteiger partial charge is 0.492 e. The third-order valence-electron chi connectivity index (χ3n) is 7.86. The summed E-state index contributed by atoms with van der Waals surface area (Å²) in [4.78, 5) is 13.1. The summed E-state index contributed by atoms with van der Waals surface area (Å²) in [7, 11) is 0. The minimum Gasteiger partial charge on any atom is -0.492 e. The lowest BCUT2D eigenvalue weighted by molar-refractivity contribution is -0.117. The second-order valence-corrected chi connectivity index (χ2v) is 12.9. The summed E-state index contributed by atoms with van der Waals surface area (Å²) in [5.41, 5.74) is 10.7. The van der Waals surface area contributed by atoms with Crippen molar-refractivity contribution in [1.29, 1.82) is 0 Å². The van der Waals surface area contributed by atoms with E-state index in [1.807, 2.05) is 0 Å². The average molecular weight is 512 g/mol. The highest BCUT2D eigenvalue weighted by molar-refractivity contribution is 5.94. The first-order valence-electron chi connectivity index (χ1n) is 14.1. The van der Waals surface area contributed by atoms with Gasteiger partial charge >= 0.3 is 0 Å². The van der Waals surface area contributed by atoms with Crippen molar-refractivity contribution in [3.05, 3.63) is 93.0 Å². The maximum absolute atomic E-state index is 13.1. The minimum atomic E-state index is -0.0760. The van der Waals surface area contributed by atoms with Crippen LogP contribution in [0, 0.1) is 19.3 Å². The number of rotatable bonds is 7. The minimum absolute atomic E-state index is 0.0626. The van der Waals surface area contributed by atoms with Crippen LogP contribution in [-0.2, 0) is 11.2 Å². The molecule has 1 aliphatic rings. The summed E-state index contributed by atoms with van der Waals surface area (Å²) in [6.45, 7) is 20.1. The summed E-state index contributed by atoms with van der Waals surface area (Å²) < 4.78 is 6.50. The molecule has 3 aromatic carbocycles. The molecule has 3 aromatic rings. The van der Waals surface area contributed by atoms with Crippen molar-refractivity contribution in [2.75, 3.05) is 11.9 Å². The van der Waals surface area contributed by atoms with Crippen LogP contribution in [0.1, 0.15) is 117 Å². The summed E-state index contributed by atoms with van der Waals surface area (Å²) >= 11 is 0. The van der Waals surface area contributed by atoms with Crippen LogP contribution < -0.4 is 10.1 Å². The molecule has 0 saturated carbocycles. The second-order valence-electron chi connectivity index (χ2n) is 12.9. The lowest BCUT2D eigenvalue weighted by Crippen LogP contribution is -2.21. The molecule has 4 rings (SSSR count). The van der Waals surface area contributed by atoms with Crippen molar-refractivity contribution in [2.24, 2.45) is 5.41 Å². The molecule has 0 spiro atoms. The fourth-order valence-corrected chi connectivity index (χ4v) is 5.57. The molecule has 1 heterocycles. The van der Waals surface area contributed by atoms with Crippen molar-refractivity contribution in [1.82, 2.24) is 0 Å². The third-order valence-corrected chi connectivity index (χ3v) is 7.86. The van der Waals surface area contributed by atoms with Gasteiger partial charge in [0.1, 0.15) is 5.75 Å². The smallest absolute Gasteiger partial charge is 0.224 e. The second kappa shape index (κ2) is 11.0. The molecule has 3 heteroatoms. The van der Waals surface area contributed by atoms with Crippen LogP contribution in [0.25, 0.3) is 0 Å². The first kappa shape index (κ1) is 28.0. The van der Waals surface area contributed by atoms with Gasteiger partial charge in [0.15, 0.2) is 0 Å². The molecule has 1 atom stereocenters. The number of nitrogens with one attached hydrogen (secondary N) is 1. The number of benzene rings is 3. The Kier molecular flexibility index (Phi) is 8.06. The lowest BCUT2D eigenvalue weighted by atomic mass is 9.84. The highest BCUT2D eigenvalue weighted by Crippen LogP contribution is 2.48. The normalized spacial score (nSPS) is 15.1. The Hall–Kier alpha value is -3.07. The number of fused-ring (bicyclic) bond motifs is 1. The number of carbonyl (C=O) groups excluding carboxylic acids is 1. The van der Waals surface area contributed by atoms with Gasteiger partial charge in [-0.05, 0) is 64.5 Å². The fourth-order valence-electron chi connectivity index (χ4n) is 5.57. The van der Waals surface area contributed by atoms with Gasteiger partial charge in [0.25, 0.3) is 0 Å². The van der Waals surface area contributed by atoms with Crippen molar-refractivity contribution >= 4 is 11.6 Å². The molecule has 0 aliphatic carbocycles. The summed E-state index contributed by atoms with van der Waals surface area (Å²) in [6, 6.07) is 17.9. The number of ether oxygens (including phenoxy) is 1. The van der Waals surface area contributed by atoms with E-state index in [1.54, 1.807) is 0 Å². The molecule has 38 heavy (non-hydrogen) atoms.